The monoisotopic (exact) mass is 397 g/mol. The van der Waals surface area contributed by atoms with Crippen LogP contribution in [0, 0.1) is 6.92 Å². The minimum Gasteiger partial charge on any atom is -0.386 e. The number of aromatic nitrogens is 2. The highest BCUT2D eigenvalue weighted by molar-refractivity contribution is 14.1. The molecule has 2 rings (SSSR count). The first-order chi connectivity index (χ1) is 9.49. The maximum Gasteiger partial charge on any atom is 0.351 e. The van der Waals surface area contributed by atoms with E-state index in [0.717, 1.165) is 0 Å². The molecule has 0 radical (unpaired) electrons. The number of hydrogen-bond donors (Lipinski definition) is 2. The summed E-state index contributed by atoms with van der Waals surface area (Å²) in [5.74, 6) is 0.161. The zero-order valence-electron chi connectivity index (χ0n) is 11.0. The fourth-order valence-electron chi connectivity index (χ4n) is 2.20. The molecule has 1 saturated heterocycles. The molecule has 0 amide bonds. The molecule has 8 nitrogen and oxygen atoms in total. The van der Waals surface area contributed by atoms with E-state index in [2.05, 4.69) is 4.98 Å². The van der Waals surface area contributed by atoms with E-state index < -0.39 is 30.2 Å². The molecule has 3 N–H and O–H groups in total. The van der Waals surface area contributed by atoms with Crippen LogP contribution in [0.15, 0.2) is 11.0 Å². The summed E-state index contributed by atoms with van der Waals surface area (Å²) in [5.41, 5.74) is 5.63. The van der Waals surface area contributed by atoms with E-state index >= 15 is 0 Å². The Morgan fingerprint density at radius 3 is 2.95 bits per heavy atom. The molecule has 0 bridgehead atoms. The van der Waals surface area contributed by atoms with Crippen molar-refractivity contribution in [1.82, 2.24) is 9.55 Å². The number of aliphatic hydroxyl groups is 1. The van der Waals surface area contributed by atoms with Crippen molar-refractivity contribution in [3.8, 4) is 0 Å². The predicted octanol–water partition coefficient (Wildman–Crippen LogP) is -0.226. The highest BCUT2D eigenvalue weighted by atomic mass is 127. The minimum absolute atomic E-state index is 0.161. The van der Waals surface area contributed by atoms with E-state index in [4.69, 9.17) is 18.3 Å². The third-order valence-corrected chi connectivity index (χ3v) is 3.62. The fraction of sp³-hybridized carbons (Fsp3) is 0.636. The van der Waals surface area contributed by atoms with E-state index in [1.165, 1.54) is 17.9 Å². The van der Waals surface area contributed by atoms with Gasteiger partial charge in [0.25, 0.3) is 0 Å². The third-order valence-electron chi connectivity index (χ3n) is 3.26. The molecule has 1 aromatic heterocycles. The Bertz CT molecular complexity index is 537. The standard InChI is InChI=1S/C11H16IN3O5/c1-5-3-15(11(17)14-9(5)13)10-7(16)8(18-2)6(20-10)4-19-12/h3,6-8,10,16H,4H2,1-2H3,(H2,13,14,17)/t6-,7?,8?,10-/m1/s1. The van der Waals surface area contributed by atoms with Crippen molar-refractivity contribution in [1.29, 1.82) is 0 Å². The van der Waals surface area contributed by atoms with Crippen molar-refractivity contribution in [2.75, 3.05) is 19.5 Å². The molecule has 0 aromatic carbocycles. The predicted molar refractivity (Wildman–Crippen MR) is 78.3 cm³/mol. The number of nitrogens with zero attached hydrogens (tertiary/aromatic N) is 2. The first-order valence-electron chi connectivity index (χ1n) is 5.94. The van der Waals surface area contributed by atoms with Crippen LogP contribution in [0.25, 0.3) is 0 Å². The van der Waals surface area contributed by atoms with Crippen LogP contribution in [-0.2, 0) is 12.5 Å². The smallest absolute Gasteiger partial charge is 0.351 e. The molecular weight excluding hydrogens is 381 g/mol. The minimum atomic E-state index is -1.00. The molecule has 0 saturated carbocycles. The Morgan fingerprint density at radius 2 is 2.35 bits per heavy atom. The van der Waals surface area contributed by atoms with Crippen LogP contribution >= 0.6 is 23.0 Å². The SMILES string of the molecule is COC1C(O)[C@H](n2cc(C)c(N)nc2=O)O[C@@H]1COI. The molecule has 1 aliphatic heterocycles. The molecule has 1 fully saturated rings. The number of hydrogen-bond acceptors (Lipinski definition) is 7. The lowest BCUT2D eigenvalue weighted by Crippen LogP contribution is -2.37. The van der Waals surface area contributed by atoms with Crippen LogP contribution in [0.3, 0.4) is 0 Å². The molecule has 20 heavy (non-hydrogen) atoms. The summed E-state index contributed by atoms with van der Waals surface area (Å²) in [6.45, 7) is 1.96. The second-order valence-corrected chi connectivity index (χ2v) is 5.15. The molecule has 4 atom stereocenters. The van der Waals surface area contributed by atoms with Crippen molar-refractivity contribution in [2.45, 2.75) is 31.5 Å². The molecule has 9 heteroatoms. The van der Waals surface area contributed by atoms with Crippen molar-refractivity contribution in [2.24, 2.45) is 0 Å². The summed E-state index contributed by atoms with van der Waals surface area (Å²) < 4.78 is 17.1. The normalized spacial score (nSPS) is 29.8. The van der Waals surface area contributed by atoms with Crippen LogP contribution in [0.5, 0.6) is 0 Å². The Labute approximate surface area is 129 Å². The number of aliphatic hydroxyl groups excluding tert-OH is 1. The van der Waals surface area contributed by atoms with Gasteiger partial charge in [0.2, 0.25) is 0 Å². The van der Waals surface area contributed by atoms with E-state index in [-0.39, 0.29) is 12.4 Å². The van der Waals surface area contributed by atoms with Crippen LogP contribution < -0.4 is 11.4 Å². The van der Waals surface area contributed by atoms with Gasteiger partial charge in [-0.05, 0) is 6.92 Å². The Morgan fingerprint density at radius 1 is 1.65 bits per heavy atom. The number of rotatable bonds is 4. The topological polar surface area (TPSA) is 109 Å². The number of aryl methyl sites for hydroxylation is 1. The molecule has 0 spiro atoms. The highest BCUT2D eigenvalue weighted by Gasteiger charge is 2.45. The second kappa shape index (κ2) is 6.35. The van der Waals surface area contributed by atoms with E-state index in [1.807, 2.05) is 0 Å². The summed E-state index contributed by atoms with van der Waals surface area (Å²) in [7, 11) is 1.47. The highest BCUT2D eigenvalue weighted by Crippen LogP contribution is 2.31. The van der Waals surface area contributed by atoms with Gasteiger partial charge in [0.05, 0.1) is 6.61 Å². The molecule has 1 aromatic rings. The van der Waals surface area contributed by atoms with Gasteiger partial charge in [0.1, 0.15) is 47.1 Å². The summed E-state index contributed by atoms with van der Waals surface area (Å²) in [6, 6.07) is 0. The van der Waals surface area contributed by atoms with Gasteiger partial charge in [-0.1, -0.05) is 0 Å². The van der Waals surface area contributed by atoms with Gasteiger partial charge in [0, 0.05) is 18.9 Å². The molecule has 0 aliphatic carbocycles. The van der Waals surface area contributed by atoms with E-state index in [0.29, 0.717) is 5.56 Å². The van der Waals surface area contributed by atoms with Crippen LogP contribution in [-0.4, -0.2) is 46.7 Å². The number of nitrogen functional groups attached to an aromatic ring is 1. The molecule has 2 heterocycles. The van der Waals surface area contributed by atoms with Crippen molar-refractivity contribution in [3.05, 3.63) is 22.2 Å². The first-order valence-corrected chi connectivity index (χ1v) is 6.82. The van der Waals surface area contributed by atoms with Gasteiger partial charge in [-0.3, -0.25) is 4.57 Å². The van der Waals surface area contributed by atoms with Crippen LogP contribution in [0.1, 0.15) is 11.8 Å². The lowest BCUT2D eigenvalue weighted by atomic mass is 10.1. The Balaban J connectivity index is 2.34. The second-order valence-electron chi connectivity index (χ2n) is 4.53. The zero-order valence-corrected chi connectivity index (χ0v) is 13.2. The Hall–Kier alpha value is -0.750. The number of nitrogens with two attached hydrogens (primary N) is 1. The molecule has 2 unspecified atom stereocenters. The van der Waals surface area contributed by atoms with Crippen LogP contribution in [0.4, 0.5) is 5.82 Å². The summed E-state index contributed by atoms with van der Waals surface area (Å²) in [6.07, 6.45) is -1.42. The van der Waals surface area contributed by atoms with Gasteiger partial charge in [0.15, 0.2) is 6.23 Å². The Kier molecular flexibility index (Phi) is 4.96. The lowest BCUT2D eigenvalue weighted by Gasteiger charge is -2.18. The maximum atomic E-state index is 11.9. The average Bonchev–Trinajstić information content (AvgIpc) is 2.71. The van der Waals surface area contributed by atoms with E-state index in [9.17, 15) is 9.90 Å². The lowest BCUT2D eigenvalue weighted by molar-refractivity contribution is -0.0484. The average molecular weight is 397 g/mol. The number of anilines is 1. The molecule has 1 aliphatic rings. The van der Waals surface area contributed by atoms with Gasteiger partial charge < -0.3 is 23.4 Å². The number of halogens is 1. The number of ether oxygens (including phenoxy) is 2. The third kappa shape index (κ3) is 2.81. The largest absolute Gasteiger partial charge is 0.386 e. The summed E-state index contributed by atoms with van der Waals surface area (Å²) in [5, 5.41) is 10.3. The van der Waals surface area contributed by atoms with Gasteiger partial charge in [-0.15, -0.1) is 0 Å². The van der Waals surface area contributed by atoms with Gasteiger partial charge >= 0.3 is 5.69 Å². The number of methoxy groups -OCH3 is 1. The van der Waals surface area contributed by atoms with Gasteiger partial charge in [-0.25, -0.2) is 4.79 Å². The van der Waals surface area contributed by atoms with E-state index in [1.54, 1.807) is 29.9 Å². The summed E-state index contributed by atoms with van der Waals surface area (Å²) >= 11 is 1.73. The van der Waals surface area contributed by atoms with Gasteiger partial charge in [-0.2, -0.15) is 4.98 Å². The maximum absolute atomic E-state index is 11.9. The van der Waals surface area contributed by atoms with Crippen LogP contribution in [0.2, 0.25) is 0 Å². The quantitative estimate of drug-likeness (QED) is 0.676. The molecular formula is C11H16IN3O5. The first kappa shape index (κ1) is 15.6. The summed E-state index contributed by atoms with van der Waals surface area (Å²) in [4.78, 5) is 15.6. The zero-order chi connectivity index (χ0) is 14.9. The molecule has 112 valence electrons. The van der Waals surface area contributed by atoms with Crippen molar-refractivity contribution < 1.29 is 17.6 Å². The van der Waals surface area contributed by atoms with Crippen molar-refractivity contribution in [3.63, 3.8) is 0 Å². The fourth-order valence-corrected chi connectivity index (χ4v) is 2.55. The van der Waals surface area contributed by atoms with Crippen molar-refractivity contribution >= 4 is 28.8 Å².